The average molecular weight is 326 g/mol. The Balaban J connectivity index is 1.42. The molecule has 5 nitrogen and oxygen atoms in total. The van der Waals surface area contributed by atoms with Gasteiger partial charge in [0.2, 0.25) is 5.91 Å². The molecule has 0 bridgehead atoms. The SMILES string of the molecule is O=C(Cc1ccco1)N1C[C@H]2CCC[C@@]2(COc2cccnc2)C1. The number of aromatic nitrogens is 1. The molecule has 1 amide bonds. The molecule has 4 rings (SSSR count). The zero-order valence-corrected chi connectivity index (χ0v) is 13.7. The fraction of sp³-hybridized carbons (Fsp3) is 0.474. The van der Waals surface area contributed by atoms with Crippen LogP contribution >= 0.6 is 0 Å². The first-order chi connectivity index (χ1) is 11.8. The predicted octanol–water partition coefficient (Wildman–Crippen LogP) is 2.92. The number of rotatable bonds is 5. The molecule has 0 aromatic carbocycles. The molecular formula is C19H22N2O3. The maximum atomic E-state index is 12.6. The highest BCUT2D eigenvalue weighted by Gasteiger charge is 2.51. The molecule has 1 saturated heterocycles. The fourth-order valence-electron chi connectivity index (χ4n) is 4.17. The van der Waals surface area contributed by atoms with Gasteiger partial charge < -0.3 is 14.1 Å². The summed E-state index contributed by atoms with van der Waals surface area (Å²) >= 11 is 0. The van der Waals surface area contributed by atoms with Gasteiger partial charge in [-0.2, -0.15) is 0 Å². The maximum absolute atomic E-state index is 12.6. The van der Waals surface area contributed by atoms with Crippen LogP contribution in [0.5, 0.6) is 5.75 Å². The van der Waals surface area contributed by atoms with E-state index in [-0.39, 0.29) is 11.3 Å². The minimum Gasteiger partial charge on any atom is -0.491 e. The number of likely N-dealkylation sites (tertiary alicyclic amines) is 1. The van der Waals surface area contributed by atoms with Gasteiger partial charge in [0.1, 0.15) is 11.5 Å². The number of hydrogen-bond acceptors (Lipinski definition) is 4. The van der Waals surface area contributed by atoms with Crippen LogP contribution in [0.25, 0.3) is 0 Å². The summed E-state index contributed by atoms with van der Waals surface area (Å²) in [6.45, 7) is 2.29. The van der Waals surface area contributed by atoms with Gasteiger partial charge in [-0.3, -0.25) is 9.78 Å². The van der Waals surface area contributed by atoms with Crippen molar-refractivity contribution in [3.63, 3.8) is 0 Å². The summed E-state index contributed by atoms with van der Waals surface area (Å²) in [6.07, 6.45) is 8.98. The first kappa shape index (κ1) is 15.2. The van der Waals surface area contributed by atoms with Crippen molar-refractivity contribution in [2.24, 2.45) is 11.3 Å². The molecule has 2 aromatic heterocycles. The number of carbonyl (C=O) groups is 1. The van der Waals surface area contributed by atoms with E-state index >= 15 is 0 Å². The van der Waals surface area contributed by atoms with Gasteiger partial charge >= 0.3 is 0 Å². The van der Waals surface area contributed by atoms with Crippen molar-refractivity contribution in [2.75, 3.05) is 19.7 Å². The second-order valence-electron chi connectivity index (χ2n) is 6.96. The quantitative estimate of drug-likeness (QED) is 0.848. The van der Waals surface area contributed by atoms with Crippen molar-refractivity contribution in [2.45, 2.75) is 25.7 Å². The molecule has 2 aliphatic rings. The van der Waals surface area contributed by atoms with Crippen molar-refractivity contribution < 1.29 is 13.9 Å². The average Bonchev–Trinajstić information content (AvgIpc) is 3.29. The molecule has 1 aliphatic carbocycles. The summed E-state index contributed by atoms with van der Waals surface area (Å²) in [6, 6.07) is 7.50. The molecule has 0 radical (unpaired) electrons. The number of nitrogens with zero attached hydrogens (tertiary/aromatic N) is 2. The molecule has 2 atom stereocenters. The second-order valence-corrected chi connectivity index (χ2v) is 6.96. The number of fused-ring (bicyclic) bond motifs is 1. The molecular weight excluding hydrogens is 304 g/mol. The van der Waals surface area contributed by atoms with Crippen LogP contribution in [-0.4, -0.2) is 35.5 Å². The minimum atomic E-state index is 0.0919. The maximum Gasteiger partial charge on any atom is 0.230 e. The largest absolute Gasteiger partial charge is 0.491 e. The van der Waals surface area contributed by atoms with E-state index in [2.05, 4.69) is 4.98 Å². The zero-order valence-electron chi connectivity index (χ0n) is 13.7. The first-order valence-corrected chi connectivity index (χ1v) is 8.58. The van der Waals surface area contributed by atoms with Crippen LogP contribution in [0.4, 0.5) is 0 Å². The number of furan rings is 1. The monoisotopic (exact) mass is 326 g/mol. The molecule has 2 fully saturated rings. The Kier molecular flexibility index (Phi) is 4.00. The first-order valence-electron chi connectivity index (χ1n) is 8.58. The van der Waals surface area contributed by atoms with Gasteiger partial charge in [-0.1, -0.05) is 6.42 Å². The van der Waals surface area contributed by atoms with Crippen LogP contribution in [0.1, 0.15) is 25.0 Å². The third kappa shape index (κ3) is 2.90. The second kappa shape index (κ2) is 6.30. The number of carbonyl (C=O) groups excluding carboxylic acids is 1. The van der Waals surface area contributed by atoms with Gasteiger partial charge in [-0.05, 0) is 43.0 Å². The fourth-order valence-corrected chi connectivity index (χ4v) is 4.17. The lowest BCUT2D eigenvalue weighted by molar-refractivity contribution is -0.130. The lowest BCUT2D eigenvalue weighted by Gasteiger charge is -2.28. The van der Waals surface area contributed by atoms with Crippen LogP contribution in [0, 0.1) is 11.3 Å². The third-order valence-electron chi connectivity index (χ3n) is 5.46. The number of amides is 1. The van der Waals surface area contributed by atoms with E-state index in [0.717, 1.165) is 31.0 Å². The molecule has 2 aromatic rings. The highest BCUT2D eigenvalue weighted by molar-refractivity contribution is 5.78. The molecule has 0 N–H and O–H groups in total. The summed E-state index contributed by atoms with van der Waals surface area (Å²) < 4.78 is 11.3. The molecule has 5 heteroatoms. The Labute approximate surface area is 141 Å². The van der Waals surface area contributed by atoms with E-state index in [1.807, 2.05) is 29.2 Å². The summed E-state index contributed by atoms with van der Waals surface area (Å²) in [5.41, 5.74) is 0.0919. The Morgan fingerprint density at radius 2 is 2.38 bits per heavy atom. The van der Waals surface area contributed by atoms with E-state index in [9.17, 15) is 4.79 Å². The molecule has 0 spiro atoms. The highest BCUT2D eigenvalue weighted by atomic mass is 16.5. The van der Waals surface area contributed by atoms with E-state index in [4.69, 9.17) is 9.15 Å². The van der Waals surface area contributed by atoms with Crippen molar-refractivity contribution in [3.8, 4) is 5.75 Å². The number of pyridine rings is 1. The zero-order chi connectivity index (χ0) is 16.4. The normalized spacial score (nSPS) is 25.7. The van der Waals surface area contributed by atoms with E-state index in [0.29, 0.717) is 18.9 Å². The van der Waals surface area contributed by atoms with Gasteiger partial charge in [0.25, 0.3) is 0 Å². The summed E-state index contributed by atoms with van der Waals surface area (Å²) in [7, 11) is 0. The van der Waals surface area contributed by atoms with Gasteiger partial charge in [-0.25, -0.2) is 0 Å². The minimum absolute atomic E-state index is 0.0919. The van der Waals surface area contributed by atoms with Gasteiger partial charge in [0.05, 0.1) is 25.5 Å². The van der Waals surface area contributed by atoms with Crippen LogP contribution in [0.15, 0.2) is 47.3 Å². The van der Waals surface area contributed by atoms with Crippen molar-refractivity contribution in [1.82, 2.24) is 9.88 Å². The topological polar surface area (TPSA) is 55.6 Å². The summed E-state index contributed by atoms with van der Waals surface area (Å²) in [4.78, 5) is 18.7. The Morgan fingerprint density at radius 1 is 1.42 bits per heavy atom. The predicted molar refractivity (Wildman–Crippen MR) is 88.5 cm³/mol. The highest BCUT2D eigenvalue weighted by Crippen LogP contribution is 2.49. The number of ether oxygens (including phenoxy) is 1. The molecule has 0 unspecified atom stereocenters. The lowest BCUT2D eigenvalue weighted by Crippen LogP contribution is -2.36. The molecule has 1 saturated carbocycles. The Bertz CT molecular complexity index is 686. The molecule has 126 valence electrons. The third-order valence-corrected chi connectivity index (χ3v) is 5.46. The molecule has 3 heterocycles. The smallest absolute Gasteiger partial charge is 0.230 e. The van der Waals surface area contributed by atoms with Gasteiger partial charge in [0, 0.05) is 24.7 Å². The van der Waals surface area contributed by atoms with E-state index in [1.54, 1.807) is 18.7 Å². The standard InChI is InChI=1S/C19H22N2O3/c22-18(10-16-6-3-9-23-16)21-12-15-4-1-7-19(15,13-21)14-24-17-5-2-8-20-11-17/h2-3,5-6,8-9,11,15H,1,4,7,10,12-14H2/t15-,19+/m1/s1. The van der Waals surface area contributed by atoms with Crippen molar-refractivity contribution >= 4 is 5.91 Å². The van der Waals surface area contributed by atoms with Gasteiger partial charge in [-0.15, -0.1) is 0 Å². The van der Waals surface area contributed by atoms with Crippen molar-refractivity contribution in [3.05, 3.63) is 48.7 Å². The van der Waals surface area contributed by atoms with Crippen LogP contribution < -0.4 is 4.74 Å². The summed E-state index contributed by atoms with van der Waals surface area (Å²) in [5, 5.41) is 0. The van der Waals surface area contributed by atoms with E-state index in [1.165, 1.54) is 12.8 Å². The Hall–Kier alpha value is -2.30. The van der Waals surface area contributed by atoms with Crippen LogP contribution in [0.2, 0.25) is 0 Å². The lowest BCUT2D eigenvalue weighted by atomic mass is 9.81. The van der Waals surface area contributed by atoms with Crippen molar-refractivity contribution in [1.29, 1.82) is 0 Å². The molecule has 24 heavy (non-hydrogen) atoms. The van der Waals surface area contributed by atoms with Crippen LogP contribution in [-0.2, 0) is 11.2 Å². The molecule has 1 aliphatic heterocycles. The van der Waals surface area contributed by atoms with Crippen LogP contribution in [0.3, 0.4) is 0 Å². The van der Waals surface area contributed by atoms with E-state index < -0.39 is 0 Å². The Morgan fingerprint density at radius 3 is 3.17 bits per heavy atom. The number of hydrogen-bond donors (Lipinski definition) is 0. The van der Waals surface area contributed by atoms with Gasteiger partial charge in [0.15, 0.2) is 0 Å². The summed E-state index contributed by atoms with van der Waals surface area (Å²) in [5.74, 6) is 2.23.